The van der Waals surface area contributed by atoms with Crippen LogP contribution in [0, 0.1) is 0 Å². The Balaban J connectivity index is 3.17. The van der Waals surface area contributed by atoms with E-state index < -0.39 is 7.12 Å². The summed E-state index contributed by atoms with van der Waals surface area (Å²) in [6.45, 7) is 0. The van der Waals surface area contributed by atoms with Crippen LogP contribution >= 0.6 is 27.5 Å². The first-order valence-corrected chi connectivity index (χ1v) is 3.96. The molecule has 1 aromatic heterocycles. The van der Waals surface area contributed by atoms with E-state index in [1.54, 1.807) is 6.07 Å². The molecule has 1 heterocycles. The number of aromatic nitrogens is 1. The number of halogens is 2. The zero-order chi connectivity index (χ0) is 8.43. The molecule has 2 N–H and O–H groups in total. The fourth-order valence-corrected chi connectivity index (χ4v) is 1.15. The van der Waals surface area contributed by atoms with Crippen LogP contribution in [0.1, 0.15) is 0 Å². The third-order valence-corrected chi connectivity index (χ3v) is 2.40. The van der Waals surface area contributed by atoms with E-state index in [0.29, 0.717) is 4.47 Å². The van der Waals surface area contributed by atoms with E-state index in [2.05, 4.69) is 20.9 Å². The molecule has 11 heavy (non-hydrogen) atoms. The van der Waals surface area contributed by atoms with Gasteiger partial charge in [-0.2, -0.15) is 0 Å². The maximum Gasteiger partial charge on any atom is 0.509 e. The molecule has 0 unspecified atom stereocenters. The Morgan fingerprint density at radius 3 is 2.64 bits per heavy atom. The minimum atomic E-state index is -1.63. The first-order valence-electron chi connectivity index (χ1n) is 2.79. The monoisotopic (exact) mass is 235 g/mol. The van der Waals surface area contributed by atoms with E-state index in [1.807, 2.05) is 0 Å². The van der Waals surface area contributed by atoms with Gasteiger partial charge in [-0.25, -0.2) is 0 Å². The maximum atomic E-state index is 8.72. The Bertz CT molecular complexity index is 271. The van der Waals surface area contributed by atoms with Gasteiger partial charge in [-0.15, -0.1) is 0 Å². The lowest BCUT2D eigenvalue weighted by atomic mass is 9.86. The third-order valence-electron chi connectivity index (χ3n) is 1.11. The number of rotatable bonds is 1. The van der Waals surface area contributed by atoms with E-state index in [4.69, 9.17) is 21.6 Å². The lowest BCUT2D eigenvalue weighted by molar-refractivity contribution is 0.424. The lowest BCUT2D eigenvalue weighted by Crippen LogP contribution is -2.33. The molecule has 58 valence electrons. The highest BCUT2D eigenvalue weighted by atomic mass is 79.9. The highest BCUT2D eigenvalue weighted by Gasteiger charge is 2.17. The highest BCUT2D eigenvalue weighted by molar-refractivity contribution is 9.10. The number of pyridine rings is 1. The molecule has 0 saturated heterocycles. The summed E-state index contributed by atoms with van der Waals surface area (Å²) < 4.78 is 0.595. The van der Waals surface area contributed by atoms with Crippen molar-refractivity contribution in [3.63, 3.8) is 0 Å². The number of hydrogen-bond donors (Lipinski definition) is 2. The number of nitrogens with zero attached hydrogens (tertiary/aromatic N) is 1. The van der Waals surface area contributed by atoms with Gasteiger partial charge in [-0.1, -0.05) is 11.6 Å². The van der Waals surface area contributed by atoms with E-state index >= 15 is 0 Å². The van der Waals surface area contributed by atoms with Gasteiger partial charge in [-0.05, 0) is 22.0 Å². The second-order valence-corrected chi connectivity index (χ2v) is 3.10. The second-order valence-electron chi connectivity index (χ2n) is 1.87. The lowest BCUT2D eigenvalue weighted by Gasteiger charge is -2.01. The van der Waals surface area contributed by atoms with Crippen molar-refractivity contribution in [2.45, 2.75) is 0 Å². The normalized spacial score (nSPS) is 9.82. The van der Waals surface area contributed by atoms with Crippen molar-refractivity contribution >= 4 is 40.2 Å². The smallest absolute Gasteiger partial charge is 0.422 e. The average Bonchev–Trinajstić information content (AvgIpc) is 1.94. The van der Waals surface area contributed by atoms with Crippen LogP contribution in [-0.4, -0.2) is 22.2 Å². The van der Waals surface area contributed by atoms with Crippen LogP contribution in [0.25, 0.3) is 0 Å². The highest BCUT2D eigenvalue weighted by Crippen LogP contribution is 2.18. The van der Waals surface area contributed by atoms with Crippen LogP contribution in [0.2, 0.25) is 5.02 Å². The van der Waals surface area contributed by atoms with Crippen LogP contribution in [-0.2, 0) is 0 Å². The fraction of sp³-hybridized carbons (Fsp3) is 0. The SMILES string of the molecule is OB(O)c1nccc(Br)c1Cl. The molecule has 0 bridgehead atoms. The molecule has 0 spiro atoms. The van der Waals surface area contributed by atoms with Gasteiger partial charge >= 0.3 is 7.12 Å². The van der Waals surface area contributed by atoms with Crippen LogP contribution in [0.4, 0.5) is 0 Å². The fourth-order valence-electron chi connectivity index (χ4n) is 0.615. The zero-order valence-electron chi connectivity index (χ0n) is 5.33. The van der Waals surface area contributed by atoms with Crippen LogP contribution < -0.4 is 5.59 Å². The standard InChI is InChI=1S/C5H4BBrClNO2/c7-3-1-2-9-5(4(3)8)6(10)11/h1-2,10-11H. The largest absolute Gasteiger partial charge is 0.509 e. The Labute approximate surface area is 77.3 Å². The van der Waals surface area contributed by atoms with E-state index in [0.717, 1.165) is 0 Å². The molecular formula is C5H4BBrClNO2. The molecular weight excluding hydrogens is 232 g/mol. The molecule has 0 aliphatic rings. The second kappa shape index (κ2) is 3.54. The predicted octanol–water partition coefficient (Wildman–Crippen LogP) is 0.177. The van der Waals surface area contributed by atoms with Crippen LogP contribution in [0.15, 0.2) is 16.7 Å². The van der Waals surface area contributed by atoms with Gasteiger partial charge in [-0.3, -0.25) is 4.98 Å². The summed E-state index contributed by atoms with van der Waals surface area (Å²) in [6.07, 6.45) is 1.44. The maximum absolute atomic E-state index is 8.72. The van der Waals surface area contributed by atoms with Crippen molar-refractivity contribution in [3.8, 4) is 0 Å². The predicted molar refractivity (Wildman–Crippen MR) is 46.8 cm³/mol. The zero-order valence-corrected chi connectivity index (χ0v) is 7.67. The molecule has 0 aliphatic heterocycles. The van der Waals surface area contributed by atoms with Gasteiger partial charge in [0.15, 0.2) is 0 Å². The Kier molecular flexibility index (Phi) is 2.89. The molecule has 1 aromatic rings. The molecule has 3 nitrogen and oxygen atoms in total. The average molecular weight is 236 g/mol. The van der Waals surface area contributed by atoms with Crippen LogP contribution in [0.3, 0.4) is 0 Å². The molecule has 0 fully saturated rings. The molecule has 0 amide bonds. The first kappa shape index (κ1) is 9.00. The summed E-state index contributed by atoms with van der Waals surface area (Å²) >= 11 is 8.78. The molecule has 0 saturated carbocycles. The molecule has 1 rings (SSSR count). The summed E-state index contributed by atoms with van der Waals surface area (Å²) in [5.74, 6) is 0. The van der Waals surface area contributed by atoms with E-state index in [-0.39, 0.29) is 10.6 Å². The minimum Gasteiger partial charge on any atom is -0.422 e. The Morgan fingerprint density at radius 1 is 1.55 bits per heavy atom. The third kappa shape index (κ3) is 1.93. The van der Waals surface area contributed by atoms with E-state index in [9.17, 15) is 0 Å². The Hall–Kier alpha value is -0.0951. The molecule has 0 radical (unpaired) electrons. The topological polar surface area (TPSA) is 53.4 Å². The first-order chi connectivity index (χ1) is 5.13. The van der Waals surface area contributed by atoms with Gasteiger partial charge < -0.3 is 10.0 Å². The van der Waals surface area contributed by atoms with Crippen molar-refractivity contribution < 1.29 is 10.0 Å². The minimum absolute atomic E-state index is 0.0565. The summed E-state index contributed by atoms with van der Waals surface area (Å²) in [5.41, 5.74) is 0.0565. The van der Waals surface area contributed by atoms with Crippen molar-refractivity contribution in [3.05, 3.63) is 21.8 Å². The quantitative estimate of drug-likeness (QED) is 0.684. The molecule has 0 aliphatic carbocycles. The summed E-state index contributed by atoms with van der Waals surface area (Å²) in [6, 6.07) is 1.62. The van der Waals surface area contributed by atoms with Gasteiger partial charge in [0.1, 0.15) is 0 Å². The summed E-state index contributed by atoms with van der Waals surface area (Å²) in [4.78, 5) is 3.68. The van der Waals surface area contributed by atoms with Gasteiger partial charge in [0.25, 0.3) is 0 Å². The van der Waals surface area contributed by atoms with Gasteiger partial charge in [0, 0.05) is 10.7 Å². The van der Waals surface area contributed by atoms with Crippen LogP contribution in [0.5, 0.6) is 0 Å². The summed E-state index contributed by atoms with van der Waals surface area (Å²) in [5, 5.41) is 17.7. The molecule has 6 heteroatoms. The summed E-state index contributed by atoms with van der Waals surface area (Å²) in [7, 11) is -1.63. The van der Waals surface area contributed by atoms with Gasteiger partial charge in [0.05, 0.1) is 10.6 Å². The Morgan fingerprint density at radius 2 is 2.18 bits per heavy atom. The van der Waals surface area contributed by atoms with Crippen molar-refractivity contribution in [2.75, 3.05) is 0 Å². The van der Waals surface area contributed by atoms with Crippen molar-refractivity contribution in [2.24, 2.45) is 0 Å². The van der Waals surface area contributed by atoms with Crippen molar-refractivity contribution in [1.29, 1.82) is 0 Å². The number of hydrogen-bond acceptors (Lipinski definition) is 3. The molecule has 0 atom stereocenters. The van der Waals surface area contributed by atoms with Gasteiger partial charge in [0.2, 0.25) is 0 Å². The van der Waals surface area contributed by atoms with Crippen molar-refractivity contribution in [1.82, 2.24) is 4.98 Å². The van der Waals surface area contributed by atoms with E-state index in [1.165, 1.54) is 6.20 Å². The molecule has 0 aromatic carbocycles.